The summed E-state index contributed by atoms with van der Waals surface area (Å²) in [6.07, 6.45) is 0.661. The summed E-state index contributed by atoms with van der Waals surface area (Å²) < 4.78 is 10.0. The smallest absolute Gasteiger partial charge is 0.323 e. The summed E-state index contributed by atoms with van der Waals surface area (Å²) in [6.45, 7) is 2.34. The minimum atomic E-state index is -0.300. The van der Waals surface area contributed by atoms with E-state index in [2.05, 4.69) is 5.32 Å². The van der Waals surface area contributed by atoms with Gasteiger partial charge in [-0.1, -0.05) is 0 Å². The Bertz CT molecular complexity index is 447. The molecule has 98 valence electrons. The highest BCUT2D eigenvalue weighted by Gasteiger charge is 2.28. The quantitative estimate of drug-likeness (QED) is 0.791. The zero-order chi connectivity index (χ0) is 13.1. The molecular formula is C13H17NO4. The van der Waals surface area contributed by atoms with Gasteiger partial charge >= 0.3 is 5.97 Å². The molecule has 2 unspecified atom stereocenters. The number of rotatable bonds is 4. The van der Waals surface area contributed by atoms with Crippen molar-refractivity contribution in [3.05, 3.63) is 23.8 Å². The number of esters is 1. The molecule has 18 heavy (non-hydrogen) atoms. The molecule has 5 heteroatoms. The monoisotopic (exact) mass is 251 g/mol. The number of nitrogens with one attached hydrogen (secondary N) is 1. The lowest BCUT2D eigenvalue weighted by Gasteiger charge is -2.18. The normalized spacial score (nSPS) is 20.6. The van der Waals surface area contributed by atoms with Gasteiger partial charge in [-0.05, 0) is 25.1 Å². The summed E-state index contributed by atoms with van der Waals surface area (Å²) >= 11 is 0. The van der Waals surface area contributed by atoms with E-state index >= 15 is 0 Å². The molecule has 2 atom stereocenters. The van der Waals surface area contributed by atoms with E-state index in [1.165, 1.54) is 0 Å². The number of hydrogen-bond donors (Lipinski definition) is 2. The van der Waals surface area contributed by atoms with Crippen LogP contribution < -0.4 is 10.1 Å². The fourth-order valence-electron chi connectivity index (χ4n) is 2.05. The second-order valence-electron chi connectivity index (χ2n) is 4.32. The van der Waals surface area contributed by atoms with Crippen LogP contribution in [0.25, 0.3) is 0 Å². The third-order valence-corrected chi connectivity index (χ3v) is 3.09. The number of cyclic esters (lactones) is 1. The standard InChI is InChI=1S/C13H17NO4/c1-8(14-11-5-6-18-13(11)16)10-7-9(17-2)3-4-12(10)15/h3-4,7-8,11,14-15H,5-6H2,1-2H3. The number of benzene rings is 1. The van der Waals surface area contributed by atoms with Gasteiger partial charge in [0.05, 0.1) is 13.7 Å². The van der Waals surface area contributed by atoms with E-state index in [-0.39, 0.29) is 23.8 Å². The second-order valence-corrected chi connectivity index (χ2v) is 4.32. The van der Waals surface area contributed by atoms with Crippen LogP contribution in [0.5, 0.6) is 11.5 Å². The Morgan fingerprint density at radius 2 is 2.33 bits per heavy atom. The maximum Gasteiger partial charge on any atom is 0.323 e. The van der Waals surface area contributed by atoms with Crippen LogP contribution in [0.4, 0.5) is 0 Å². The van der Waals surface area contributed by atoms with Gasteiger partial charge in [0.25, 0.3) is 0 Å². The number of hydrogen-bond acceptors (Lipinski definition) is 5. The molecule has 1 heterocycles. The molecule has 0 amide bonds. The number of methoxy groups -OCH3 is 1. The molecule has 1 fully saturated rings. The molecule has 0 aromatic heterocycles. The summed E-state index contributed by atoms with van der Waals surface area (Å²) in [4.78, 5) is 11.4. The number of aromatic hydroxyl groups is 1. The van der Waals surface area contributed by atoms with Crippen LogP contribution in [0.1, 0.15) is 24.9 Å². The maximum atomic E-state index is 11.4. The summed E-state index contributed by atoms with van der Waals surface area (Å²) in [5, 5.41) is 13.0. The highest BCUT2D eigenvalue weighted by Crippen LogP contribution is 2.29. The zero-order valence-corrected chi connectivity index (χ0v) is 10.5. The largest absolute Gasteiger partial charge is 0.508 e. The van der Waals surface area contributed by atoms with Crippen LogP contribution in [0.2, 0.25) is 0 Å². The van der Waals surface area contributed by atoms with Crippen molar-refractivity contribution in [3.8, 4) is 11.5 Å². The molecular weight excluding hydrogens is 234 g/mol. The van der Waals surface area contributed by atoms with Gasteiger partial charge in [-0.3, -0.25) is 10.1 Å². The van der Waals surface area contributed by atoms with E-state index in [1.807, 2.05) is 6.92 Å². The molecule has 1 aromatic rings. The Morgan fingerprint density at radius 3 is 2.94 bits per heavy atom. The molecule has 1 saturated heterocycles. The van der Waals surface area contributed by atoms with E-state index in [1.54, 1.807) is 25.3 Å². The number of carbonyl (C=O) groups is 1. The predicted molar refractivity (Wildman–Crippen MR) is 65.6 cm³/mol. The highest BCUT2D eigenvalue weighted by molar-refractivity contribution is 5.77. The lowest BCUT2D eigenvalue weighted by Crippen LogP contribution is -2.35. The van der Waals surface area contributed by atoms with Crippen molar-refractivity contribution in [2.45, 2.75) is 25.4 Å². The van der Waals surface area contributed by atoms with Crippen LogP contribution in [0.3, 0.4) is 0 Å². The summed E-state index contributed by atoms with van der Waals surface area (Å²) in [5.41, 5.74) is 0.703. The molecule has 0 saturated carbocycles. The van der Waals surface area contributed by atoms with Crippen LogP contribution in [0.15, 0.2) is 18.2 Å². The molecule has 0 spiro atoms. The van der Waals surface area contributed by atoms with Crippen molar-refractivity contribution in [1.29, 1.82) is 0 Å². The number of carbonyl (C=O) groups excluding carboxylic acids is 1. The first-order valence-corrected chi connectivity index (χ1v) is 5.91. The predicted octanol–water partition coefficient (Wildman–Crippen LogP) is 1.37. The third kappa shape index (κ3) is 2.56. The first kappa shape index (κ1) is 12.7. The van der Waals surface area contributed by atoms with E-state index in [0.29, 0.717) is 24.3 Å². The van der Waals surface area contributed by atoms with E-state index in [0.717, 1.165) is 0 Å². The van der Waals surface area contributed by atoms with Crippen molar-refractivity contribution in [2.75, 3.05) is 13.7 Å². The summed E-state index contributed by atoms with van der Waals surface area (Å²) in [6, 6.07) is 4.57. The van der Waals surface area contributed by atoms with Crippen molar-refractivity contribution < 1.29 is 19.4 Å². The topological polar surface area (TPSA) is 67.8 Å². The van der Waals surface area contributed by atoms with Gasteiger partial charge in [-0.25, -0.2) is 0 Å². The van der Waals surface area contributed by atoms with E-state index in [4.69, 9.17) is 9.47 Å². The van der Waals surface area contributed by atoms with Gasteiger partial charge in [0.2, 0.25) is 0 Å². The zero-order valence-electron chi connectivity index (χ0n) is 10.5. The lowest BCUT2D eigenvalue weighted by molar-refractivity contribution is -0.139. The van der Waals surface area contributed by atoms with Crippen molar-refractivity contribution >= 4 is 5.97 Å². The SMILES string of the molecule is COc1ccc(O)c(C(C)NC2CCOC2=O)c1. The first-order chi connectivity index (χ1) is 8.61. The molecule has 1 aromatic carbocycles. The van der Waals surface area contributed by atoms with Crippen molar-refractivity contribution in [3.63, 3.8) is 0 Å². The molecule has 5 nitrogen and oxygen atoms in total. The van der Waals surface area contributed by atoms with Crippen LogP contribution >= 0.6 is 0 Å². The minimum Gasteiger partial charge on any atom is -0.508 e. The molecule has 1 aliphatic heterocycles. The van der Waals surface area contributed by atoms with Crippen molar-refractivity contribution in [1.82, 2.24) is 5.32 Å². The van der Waals surface area contributed by atoms with Gasteiger partial charge in [0.15, 0.2) is 0 Å². The van der Waals surface area contributed by atoms with Crippen LogP contribution in [-0.4, -0.2) is 30.8 Å². The second kappa shape index (κ2) is 5.27. The average molecular weight is 251 g/mol. The average Bonchev–Trinajstić information content (AvgIpc) is 2.75. The Balaban J connectivity index is 2.12. The summed E-state index contributed by atoms with van der Waals surface area (Å²) in [5.74, 6) is 0.622. The lowest BCUT2D eigenvalue weighted by atomic mass is 10.1. The number of phenols is 1. The van der Waals surface area contributed by atoms with Gasteiger partial charge in [0, 0.05) is 18.0 Å². The van der Waals surface area contributed by atoms with Crippen LogP contribution in [-0.2, 0) is 9.53 Å². The fraction of sp³-hybridized carbons (Fsp3) is 0.462. The maximum absolute atomic E-state index is 11.4. The molecule has 0 bridgehead atoms. The van der Waals surface area contributed by atoms with Gasteiger partial charge in [0.1, 0.15) is 17.5 Å². The Kier molecular flexibility index (Phi) is 3.72. The van der Waals surface area contributed by atoms with E-state index in [9.17, 15) is 9.90 Å². The number of phenolic OH excluding ortho intramolecular Hbond substituents is 1. The summed E-state index contributed by atoms with van der Waals surface area (Å²) in [7, 11) is 1.57. The van der Waals surface area contributed by atoms with Gasteiger partial charge < -0.3 is 14.6 Å². The van der Waals surface area contributed by atoms with Gasteiger partial charge in [-0.15, -0.1) is 0 Å². The molecule has 2 N–H and O–H groups in total. The first-order valence-electron chi connectivity index (χ1n) is 5.91. The Labute approximate surface area is 106 Å². The molecule has 2 rings (SSSR count). The molecule has 0 radical (unpaired) electrons. The van der Waals surface area contributed by atoms with Gasteiger partial charge in [-0.2, -0.15) is 0 Å². The van der Waals surface area contributed by atoms with Crippen molar-refractivity contribution in [2.24, 2.45) is 0 Å². The minimum absolute atomic E-state index is 0.157. The number of ether oxygens (including phenoxy) is 2. The van der Waals surface area contributed by atoms with E-state index < -0.39 is 0 Å². The Hall–Kier alpha value is -1.75. The fourth-order valence-corrected chi connectivity index (χ4v) is 2.05. The third-order valence-electron chi connectivity index (χ3n) is 3.09. The van der Waals surface area contributed by atoms with Crippen LogP contribution in [0, 0.1) is 0 Å². The molecule has 0 aliphatic carbocycles. The highest BCUT2D eigenvalue weighted by atomic mass is 16.5. The Morgan fingerprint density at radius 1 is 1.56 bits per heavy atom. The molecule has 1 aliphatic rings.